The SMILES string of the molecule is CC1CC(=O)N(c2ccc(CCC(=O)O)cc2)C(=O)C1. The van der Waals surface area contributed by atoms with Gasteiger partial charge in [0.25, 0.3) is 0 Å². The predicted molar refractivity (Wildman–Crippen MR) is 73.3 cm³/mol. The lowest BCUT2D eigenvalue weighted by atomic mass is 9.97. The van der Waals surface area contributed by atoms with Crippen LogP contribution in [0.3, 0.4) is 0 Å². The van der Waals surface area contributed by atoms with Crippen LogP contribution in [-0.2, 0) is 20.8 Å². The predicted octanol–water partition coefficient (Wildman–Crippen LogP) is 1.99. The lowest BCUT2D eigenvalue weighted by molar-refractivity contribution is -0.137. The highest BCUT2D eigenvalue weighted by Crippen LogP contribution is 2.25. The molecule has 0 atom stereocenters. The molecule has 5 heteroatoms. The first-order valence-corrected chi connectivity index (χ1v) is 6.64. The molecule has 0 radical (unpaired) electrons. The molecule has 1 aliphatic rings. The van der Waals surface area contributed by atoms with Crippen molar-refractivity contribution < 1.29 is 19.5 Å². The lowest BCUT2D eigenvalue weighted by Crippen LogP contribution is -2.42. The van der Waals surface area contributed by atoms with Crippen molar-refractivity contribution in [2.24, 2.45) is 5.92 Å². The highest BCUT2D eigenvalue weighted by molar-refractivity contribution is 6.16. The number of carboxylic acids is 1. The quantitative estimate of drug-likeness (QED) is 0.853. The second-order valence-corrected chi connectivity index (χ2v) is 5.20. The molecule has 0 spiro atoms. The van der Waals surface area contributed by atoms with Crippen LogP contribution in [0.25, 0.3) is 0 Å². The number of amides is 2. The molecule has 1 N–H and O–H groups in total. The molecule has 1 aromatic rings. The Balaban J connectivity index is 2.11. The minimum absolute atomic E-state index is 0.0679. The number of benzene rings is 1. The summed E-state index contributed by atoms with van der Waals surface area (Å²) in [6.45, 7) is 1.89. The molecule has 106 valence electrons. The van der Waals surface area contributed by atoms with Gasteiger partial charge in [0, 0.05) is 19.3 Å². The van der Waals surface area contributed by atoms with Gasteiger partial charge in [0.05, 0.1) is 5.69 Å². The lowest BCUT2D eigenvalue weighted by Gasteiger charge is -2.28. The molecule has 1 aromatic carbocycles. The van der Waals surface area contributed by atoms with E-state index in [1.54, 1.807) is 24.3 Å². The second-order valence-electron chi connectivity index (χ2n) is 5.20. The number of nitrogens with zero attached hydrogens (tertiary/aromatic N) is 1. The number of piperidine rings is 1. The van der Waals surface area contributed by atoms with Crippen molar-refractivity contribution in [1.29, 1.82) is 0 Å². The number of aryl methyl sites for hydroxylation is 1. The number of hydrogen-bond acceptors (Lipinski definition) is 3. The normalized spacial score (nSPS) is 16.6. The van der Waals surface area contributed by atoms with Gasteiger partial charge in [-0.1, -0.05) is 19.1 Å². The van der Waals surface area contributed by atoms with Crippen LogP contribution in [0.1, 0.15) is 31.7 Å². The Labute approximate surface area is 117 Å². The summed E-state index contributed by atoms with van der Waals surface area (Å²) in [7, 11) is 0. The monoisotopic (exact) mass is 275 g/mol. The van der Waals surface area contributed by atoms with E-state index in [1.165, 1.54) is 4.90 Å². The molecule has 5 nitrogen and oxygen atoms in total. The molecular weight excluding hydrogens is 258 g/mol. The Morgan fingerprint density at radius 3 is 2.25 bits per heavy atom. The Morgan fingerprint density at radius 2 is 1.75 bits per heavy atom. The third kappa shape index (κ3) is 3.23. The zero-order chi connectivity index (χ0) is 14.7. The van der Waals surface area contributed by atoms with Gasteiger partial charge in [-0.2, -0.15) is 0 Å². The zero-order valence-electron chi connectivity index (χ0n) is 11.3. The molecule has 0 bridgehead atoms. The van der Waals surface area contributed by atoms with Crippen molar-refractivity contribution in [3.05, 3.63) is 29.8 Å². The van der Waals surface area contributed by atoms with Crippen LogP contribution in [0.5, 0.6) is 0 Å². The minimum atomic E-state index is -0.843. The first kappa shape index (κ1) is 14.2. The van der Waals surface area contributed by atoms with Crippen molar-refractivity contribution in [3.63, 3.8) is 0 Å². The van der Waals surface area contributed by atoms with Crippen LogP contribution in [0.2, 0.25) is 0 Å². The fourth-order valence-electron chi connectivity index (χ4n) is 2.34. The van der Waals surface area contributed by atoms with E-state index in [2.05, 4.69) is 0 Å². The summed E-state index contributed by atoms with van der Waals surface area (Å²) in [5, 5.41) is 8.63. The number of carbonyl (C=O) groups excluding carboxylic acids is 2. The van der Waals surface area contributed by atoms with Gasteiger partial charge in [0.15, 0.2) is 0 Å². The third-order valence-electron chi connectivity index (χ3n) is 3.37. The van der Waals surface area contributed by atoms with E-state index < -0.39 is 5.97 Å². The summed E-state index contributed by atoms with van der Waals surface area (Å²) in [5.41, 5.74) is 1.44. The van der Waals surface area contributed by atoms with E-state index in [1.807, 2.05) is 6.92 Å². The average molecular weight is 275 g/mol. The van der Waals surface area contributed by atoms with E-state index in [0.717, 1.165) is 5.56 Å². The Morgan fingerprint density at radius 1 is 1.20 bits per heavy atom. The Bertz CT molecular complexity index is 517. The van der Waals surface area contributed by atoms with Crippen molar-refractivity contribution in [2.45, 2.75) is 32.6 Å². The van der Waals surface area contributed by atoms with Crippen molar-refractivity contribution in [2.75, 3.05) is 4.90 Å². The highest BCUT2D eigenvalue weighted by Gasteiger charge is 2.31. The third-order valence-corrected chi connectivity index (χ3v) is 3.37. The van der Waals surface area contributed by atoms with E-state index in [0.29, 0.717) is 24.9 Å². The second kappa shape index (κ2) is 5.86. The molecule has 0 unspecified atom stereocenters. The highest BCUT2D eigenvalue weighted by atomic mass is 16.4. The van der Waals surface area contributed by atoms with Gasteiger partial charge >= 0.3 is 5.97 Å². The van der Waals surface area contributed by atoms with Gasteiger partial charge in [-0.25, -0.2) is 0 Å². The molecule has 1 heterocycles. The van der Waals surface area contributed by atoms with E-state index >= 15 is 0 Å². The maximum absolute atomic E-state index is 11.9. The summed E-state index contributed by atoms with van der Waals surface area (Å²) >= 11 is 0. The van der Waals surface area contributed by atoms with Crippen molar-refractivity contribution in [3.8, 4) is 0 Å². The molecule has 0 aromatic heterocycles. The van der Waals surface area contributed by atoms with E-state index in [9.17, 15) is 14.4 Å². The summed E-state index contributed by atoms with van der Waals surface area (Å²) < 4.78 is 0. The smallest absolute Gasteiger partial charge is 0.303 e. The summed E-state index contributed by atoms with van der Waals surface area (Å²) in [5.74, 6) is -1.09. The van der Waals surface area contributed by atoms with Crippen LogP contribution in [0, 0.1) is 5.92 Å². The van der Waals surface area contributed by atoms with Gasteiger partial charge in [0.2, 0.25) is 11.8 Å². The largest absolute Gasteiger partial charge is 0.481 e. The molecule has 20 heavy (non-hydrogen) atoms. The van der Waals surface area contributed by atoms with Gasteiger partial charge in [-0.3, -0.25) is 19.3 Å². The van der Waals surface area contributed by atoms with E-state index in [-0.39, 0.29) is 24.2 Å². The van der Waals surface area contributed by atoms with Gasteiger partial charge in [0.1, 0.15) is 0 Å². The zero-order valence-corrected chi connectivity index (χ0v) is 11.3. The summed E-state index contributed by atoms with van der Waals surface area (Å²) in [4.78, 5) is 35.6. The molecule has 0 aliphatic carbocycles. The summed E-state index contributed by atoms with van der Waals surface area (Å²) in [6, 6.07) is 6.92. The van der Waals surface area contributed by atoms with Crippen LogP contribution >= 0.6 is 0 Å². The summed E-state index contributed by atoms with van der Waals surface area (Å²) in [6.07, 6.45) is 1.27. The number of rotatable bonds is 4. The molecule has 2 rings (SSSR count). The number of carbonyl (C=O) groups is 3. The molecule has 1 fully saturated rings. The van der Waals surface area contributed by atoms with Gasteiger partial charge in [-0.05, 0) is 30.0 Å². The number of aliphatic carboxylic acids is 1. The number of imide groups is 1. The fourth-order valence-corrected chi connectivity index (χ4v) is 2.34. The van der Waals surface area contributed by atoms with Crippen LogP contribution in [0.15, 0.2) is 24.3 Å². The minimum Gasteiger partial charge on any atom is -0.481 e. The maximum atomic E-state index is 11.9. The number of hydrogen-bond donors (Lipinski definition) is 1. The first-order valence-electron chi connectivity index (χ1n) is 6.64. The molecule has 0 saturated carbocycles. The van der Waals surface area contributed by atoms with Crippen molar-refractivity contribution >= 4 is 23.5 Å². The van der Waals surface area contributed by atoms with Gasteiger partial charge in [-0.15, -0.1) is 0 Å². The Hall–Kier alpha value is -2.17. The van der Waals surface area contributed by atoms with Crippen LogP contribution < -0.4 is 4.90 Å². The number of anilines is 1. The molecule has 1 aliphatic heterocycles. The van der Waals surface area contributed by atoms with E-state index in [4.69, 9.17) is 5.11 Å². The Kier molecular flexibility index (Phi) is 4.17. The molecule has 2 amide bonds. The molecular formula is C15H17NO4. The fraction of sp³-hybridized carbons (Fsp3) is 0.400. The maximum Gasteiger partial charge on any atom is 0.303 e. The average Bonchev–Trinajstić information content (AvgIpc) is 2.36. The molecule has 1 saturated heterocycles. The topological polar surface area (TPSA) is 74.7 Å². The number of carboxylic acid groups (broad SMARTS) is 1. The van der Waals surface area contributed by atoms with Crippen LogP contribution in [-0.4, -0.2) is 22.9 Å². The van der Waals surface area contributed by atoms with Crippen molar-refractivity contribution in [1.82, 2.24) is 0 Å². The first-order chi connectivity index (χ1) is 9.47. The van der Waals surface area contributed by atoms with Crippen LogP contribution in [0.4, 0.5) is 5.69 Å². The van der Waals surface area contributed by atoms with Gasteiger partial charge < -0.3 is 5.11 Å². The standard InChI is InChI=1S/C15H17NO4/c1-10-8-13(17)16(14(18)9-10)12-5-2-11(3-6-12)4-7-15(19)20/h2-3,5-6,10H,4,7-9H2,1H3,(H,19,20).